The molecule has 1 N–H and O–H groups in total. The van der Waals surface area contributed by atoms with E-state index in [1.165, 1.54) is 24.3 Å². The predicted octanol–water partition coefficient (Wildman–Crippen LogP) is 0.748. The summed E-state index contributed by atoms with van der Waals surface area (Å²) in [5.41, 5.74) is -0.885. The second kappa shape index (κ2) is 8.46. The van der Waals surface area contributed by atoms with Crippen molar-refractivity contribution in [1.82, 2.24) is 19.7 Å². The molecule has 0 saturated carbocycles. The third-order valence-electron chi connectivity index (χ3n) is 4.40. The number of nitrogens with one attached hydrogen (secondary N) is 1. The molecule has 30 heavy (non-hydrogen) atoms. The zero-order valence-corrected chi connectivity index (χ0v) is 17.2. The molecule has 0 aliphatic carbocycles. The summed E-state index contributed by atoms with van der Waals surface area (Å²) in [5.74, 6) is -0.715. The minimum atomic E-state index is -3.41. The smallest absolute Gasteiger partial charge is 0.346 e. The van der Waals surface area contributed by atoms with Crippen molar-refractivity contribution in [3.05, 3.63) is 86.7 Å². The van der Waals surface area contributed by atoms with Crippen LogP contribution in [0.4, 0.5) is 0 Å². The van der Waals surface area contributed by atoms with E-state index in [2.05, 4.69) is 10.4 Å². The molecule has 156 valence electrons. The summed E-state index contributed by atoms with van der Waals surface area (Å²) in [6.45, 7) is 1.83. The van der Waals surface area contributed by atoms with E-state index in [0.717, 1.165) is 21.1 Å². The van der Waals surface area contributed by atoms with E-state index in [9.17, 15) is 22.8 Å². The van der Waals surface area contributed by atoms with Crippen LogP contribution in [0.1, 0.15) is 23.0 Å². The van der Waals surface area contributed by atoms with Gasteiger partial charge in [0.2, 0.25) is 5.69 Å². The maximum Gasteiger partial charge on any atom is 0.352 e. The van der Waals surface area contributed by atoms with Crippen LogP contribution >= 0.6 is 0 Å². The van der Waals surface area contributed by atoms with Gasteiger partial charge in [0.25, 0.3) is 11.5 Å². The summed E-state index contributed by atoms with van der Waals surface area (Å²) < 4.78 is 25.1. The van der Waals surface area contributed by atoms with Gasteiger partial charge in [-0.2, -0.15) is 9.78 Å². The van der Waals surface area contributed by atoms with Gasteiger partial charge in [0.05, 0.1) is 10.6 Å². The third kappa shape index (κ3) is 4.38. The maximum atomic E-state index is 12.7. The molecule has 0 bridgehead atoms. The van der Waals surface area contributed by atoms with Gasteiger partial charge in [0.15, 0.2) is 9.84 Å². The number of benzene rings is 2. The zero-order chi connectivity index (χ0) is 21.9. The van der Waals surface area contributed by atoms with Gasteiger partial charge in [-0.25, -0.2) is 13.2 Å². The Balaban J connectivity index is 2.02. The average Bonchev–Trinajstić information content (AvgIpc) is 2.73. The van der Waals surface area contributed by atoms with Crippen molar-refractivity contribution in [2.24, 2.45) is 0 Å². The molecule has 0 atom stereocenters. The van der Waals surface area contributed by atoms with Gasteiger partial charge in [0, 0.05) is 19.3 Å². The van der Waals surface area contributed by atoms with Crippen molar-refractivity contribution in [3.8, 4) is 5.69 Å². The van der Waals surface area contributed by atoms with E-state index in [4.69, 9.17) is 0 Å². The molecule has 3 aromatic rings. The van der Waals surface area contributed by atoms with E-state index in [1.807, 2.05) is 30.3 Å². The minimum absolute atomic E-state index is 0.0422. The van der Waals surface area contributed by atoms with Crippen LogP contribution < -0.4 is 16.6 Å². The Morgan fingerprint density at radius 2 is 1.67 bits per heavy atom. The molecule has 0 saturated heterocycles. The largest absolute Gasteiger partial charge is 0.352 e. The van der Waals surface area contributed by atoms with Crippen LogP contribution in [-0.4, -0.2) is 34.9 Å². The van der Waals surface area contributed by atoms with Crippen LogP contribution in [0.2, 0.25) is 0 Å². The van der Waals surface area contributed by atoms with E-state index < -0.39 is 32.7 Å². The number of amides is 1. The molecular formula is C20H20N4O5S. The zero-order valence-electron chi connectivity index (χ0n) is 16.4. The number of sulfone groups is 1. The standard InChI is InChI=1S/C20H20N4O5S/c1-3-23-19(26)17(18(25)21-13-14-7-5-4-6-8-14)22-24(20(23)27)15-9-11-16(12-10-15)30(2,28)29/h4-12H,3,13H2,1-2H3,(H,21,25). The van der Waals surface area contributed by atoms with Crippen molar-refractivity contribution in [3.63, 3.8) is 0 Å². The number of hydrogen-bond acceptors (Lipinski definition) is 6. The molecule has 0 aliphatic rings. The first-order valence-electron chi connectivity index (χ1n) is 9.09. The maximum absolute atomic E-state index is 12.7. The van der Waals surface area contributed by atoms with E-state index >= 15 is 0 Å². The molecule has 1 aromatic heterocycles. The lowest BCUT2D eigenvalue weighted by molar-refractivity contribution is 0.0941. The molecule has 0 fully saturated rings. The SMILES string of the molecule is CCn1c(=O)c(C(=O)NCc2ccccc2)nn(-c2ccc(S(C)(=O)=O)cc2)c1=O. The summed E-state index contributed by atoms with van der Waals surface area (Å²) in [7, 11) is -3.41. The first kappa shape index (κ1) is 21.2. The quantitative estimate of drug-likeness (QED) is 0.619. The second-order valence-corrected chi connectivity index (χ2v) is 8.54. The van der Waals surface area contributed by atoms with Crippen LogP contribution in [0, 0.1) is 0 Å². The van der Waals surface area contributed by atoms with Gasteiger partial charge in [-0.15, -0.1) is 0 Å². The van der Waals surface area contributed by atoms with E-state index in [-0.39, 0.29) is 23.7 Å². The molecule has 10 heteroatoms. The van der Waals surface area contributed by atoms with Gasteiger partial charge in [-0.3, -0.25) is 14.2 Å². The number of carbonyl (C=O) groups excluding carboxylic acids is 1. The Hall–Kier alpha value is -3.53. The van der Waals surface area contributed by atoms with Crippen molar-refractivity contribution in [2.45, 2.75) is 24.9 Å². The van der Waals surface area contributed by atoms with Crippen LogP contribution in [-0.2, 0) is 22.9 Å². The fourth-order valence-corrected chi connectivity index (χ4v) is 3.43. The number of nitrogens with zero attached hydrogens (tertiary/aromatic N) is 3. The summed E-state index contributed by atoms with van der Waals surface area (Å²) in [4.78, 5) is 37.9. The number of carbonyl (C=O) groups is 1. The first-order valence-corrected chi connectivity index (χ1v) is 11.0. The molecule has 3 rings (SSSR count). The normalized spacial score (nSPS) is 11.3. The summed E-state index contributed by atoms with van der Waals surface area (Å²) in [5, 5.41) is 6.59. The monoisotopic (exact) mass is 428 g/mol. The highest BCUT2D eigenvalue weighted by molar-refractivity contribution is 7.90. The number of hydrogen-bond donors (Lipinski definition) is 1. The van der Waals surface area contributed by atoms with Crippen molar-refractivity contribution < 1.29 is 13.2 Å². The molecule has 0 spiro atoms. The topological polar surface area (TPSA) is 120 Å². The summed E-state index contributed by atoms with van der Waals surface area (Å²) in [6.07, 6.45) is 1.07. The Morgan fingerprint density at radius 3 is 2.23 bits per heavy atom. The van der Waals surface area contributed by atoms with Crippen LogP contribution in [0.15, 0.2) is 69.1 Å². The molecule has 1 amide bonds. The van der Waals surface area contributed by atoms with Gasteiger partial charge < -0.3 is 5.32 Å². The predicted molar refractivity (Wildman–Crippen MR) is 110 cm³/mol. The molecule has 0 aliphatic heterocycles. The molecule has 1 heterocycles. The lowest BCUT2D eigenvalue weighted by Gasteiger charge is -2.11. The third-order valence-corrected chi connectivity index (χ3v) is 5.52. The summed E-state index contributed by atoms with van der Waals surface area (Å²) >= 11 is 0. The van der Waals surface area contributed by atoms with Crippen molar-refractivity contribution in [2.75, 3.05) is 6.26 Å². The fraction of sp³-hybridized carbons (Fsp3) is 0.200. The molecule has 0 unspecified atom stereocenters. The van der Waals surface area contributed by atoms with Gasteiger partial charge in [0.1, 0.15) is 0 Å². The molecule has 2 aromatic carbocycles. The molecule has 0 radical (unpaired) electrons. The van der Waals surface area contributed by atoms with Crippen molar-refractivity contribution >= 4 is 15.7 Å². The number of aromatic nitrogens is 3. The van der Waals surface area contributed by atoms with Crippen LogP contribution in [0.5, 0.6) is 0 Å². The Bertz CT molecular complexity index is 1290. The van der Waals surface area contributed by atoms with Gasteiger partial charge in [-0.05, 0) is 36.8 Å². The lowest BCUT2D eigenvalue weighted by atomic mass is 10.2. The van der Waals surface area contributed by atoms with Crippen LogP contribution in [0.3, 0.4) is 0 Å². The average molecular weight is 428 g/mol. The van der Waals surface area contributed by atoms with Gasteiger partial charge >= 0.3 is 5.69 Å². The Labute approximate surface area is 172 Å². The molecule has 9 nitrogen and oxygen atoms in total. The minimum Gasteiger partial charge on any atom is -0.346 e. The fourth-order valence-electron chi connectivity index (χ4n) is 2.80. The highest BCUT2D eigenvalue weighted by Crippen LogP contribution is 2.12. The van der Waals surface area contributed by atoms with Gasteiger partial charge in [-0.1, -0.05) is 30.3 Å². The highest BCUT2D eigenvalue weighted by atomic mass is 32.2. The Kier molecular flexibility index (Phi) is 5.97. The van der Waals surface area contributed by atoms with E-state index in [0.29, 0.717) is 0 Å². The van der Waals surface area contributed by atoms with E-state index in [1.54, 1.807) is 6.92 Å². The Morgan fingerprint density at radius 1 is 1.03 bits per heavy atom. The highest BCUT2D eigenvalue weighted by Gasteiger charge is 2.19. The summed E-state index contributed by atoms with van der Waals surface area (Å²) in [6, 6.07) is 14.6. The first-order chi connectivity index (χ1) is 14.2. The van der Waals surface area contributed by atoms with Crippen LogP contribution in [0.25, 0.3) is 5.69 Å². The van der Waals surface area contributed by atoms with Crippen molar-refractivity contribution in [1.29, 1.82) is 0 Å². The number of rotatable bonds is 6. The second-order valence-electron chi connectivity index (χ2n) is 6.53. The molecular weight excluding hydrogens is 408 g/mol. The lowest BCUT2D eigenvalue weighted by Crippen LogP contribution is -2.45.